The SMILES string of the molecule is COC(=O)c1nc(C)n(-c2cc(OC)ccc2OC)c1N. The van der Waals surface area contributed by atoms with Crippen LogP contribution in [0.15, 0.2) is 18.2 Å². The van der Waals surface area contributed by atoms with Gasteiger partial charge in [-0.1, -0.05) is 0 Å². The van der Waals surface area contributed by atoms with E-state index in [4.69, 9.17) is 15.2 Å². The molecule has 0 atom stereocenters. The van der Waals surface area contributed by atoms with E-state index in [1.807, 2.05) is 0 Å². The smallest absolute Gasteiger partial charge is 0.360 e. The molecule has 0 aliphatic heterocycles. The number of benzene rings is 1. The van der Waals surface area contributed by atoms with Gasteiger partial charge in [-0.3, -0.25) is 4.57 Å². The molecule has 0 fully saturated rings. The molecule has 0 saturated carbocycles. The number of aromatic nitrogens is 2. The highest BCUT2D eigenvalue weighted by molar-refractivity contribution is 5.92. The molecule has 2 N–H and O–H groups in total. The second-order valence-electron chi connectivity index (χ2n) is 4.26. The molecule has 2 aromatic rings. The predicted octanol–water partition coefficient (Wildman–Crippen LogP) is 1.57. The third kappa shape index (κ3) is 2.49. The van der Waals surface area contributed by atoms with Crippen molar-refractivity contribution in [1.82, 2.24) is 9.55 Å². The largest absolute Gasteiger partial charge is 0.497 e. The topological polar surface area (TPSA) is 88.6 Å². The van der Waals surface area contributed by atoms with E-state index >= 15 is 0 Å². The Morgan fingerprint density at radius 1 is 1.24 bits per heavy atom. The number of rotatable bonds is 4. The first-order valence-electron chi connectivity index (χ1n) is 6.19. The van der Waals surface area contributed by atoms with Gasteiger partial charge in [0, 0.05) is 6.07 Å². The van der Waals surface area contributed by atoms with E-state index in [2.05, 4.69) is 9.72 Å². The number of hydrogen-bond acceptors (Lipinski definition) is 6. The van der Waals surface area contributed by atoms with Gasteiger partial charge in [-0.2, -0.15) is 0 Å². The van der Waals surface area contributed by atoms with Gasteiger partial charge < -0.3 is 19.9 Å². The molecule has 0 aliphatic rings. The molecule has 0 bridgehead atoms. The fourth-order valence-electron chi connectivity index (χ4n) is 2.07. The number of carbonyl (C=O) groups is 1. The van der Waals surface area contributed by atoms with Crippen LogP contribution in [0.1, 0.15) is 16.3 Å². The maximum absolute atomic E-state index is 11.7. The van der Waals surface area contributed by atoms with Gasteiger partial charge in [0.2, 0.25) is 0 Å². The van der Waals surface area contributed by atoms with Gasteiger partial charge in [0.25, 0.3) is 0 Å². The Morgan fingerprint density at radius 2 is 1.95 bits per heavy atom. The highest BCUT2D eigenvalue weighted by Crippen LogP contribution is 2.31. The molecule has 0 saturated heterocycles. The lowest BCUT2D eigenvalue weighted by molar-refractivity contribution is 0.0596. The Morgan fingerprint density at radius 3 is 2.52 bits per heavy atom. The van der Waals surface area contributed by atoms with Gasteiger partial charge in [-0.15, -0.1) is 0 Å². The zero-order chi connectivity index (χ0) is 15.6. The van der Waals surface area contributed by atoms with E-state index in [1.165, 1.54) is 7.11 Å². The lowest BCUT2D eigenvalue weighted by atomic mass is 10.2. The van der Waals surface area contributed by atoms with Crippen LogP contribution in [0.5, 0.6) is 11.5 Å². The third-order valence-corrected chi connectivity index (χ3v) is 3.09. The minimum absolute atomic E-state index is 0.0693. The number of nitrogens with zero attached hydrogens (tertiary/aromatic N) is 2. The van der Waals surface area contributed by atoms with E-state index in [9.17, 15) is 4.79 Å². The molecule has 21 heavy (non-hydrogen) atoms. The predicted molar refractivity (Wildman–Crippen MR) is 77.2 cm³/mol. The molecule has 1 aromatic heterocycles. The van der Waals surface area contributed by atoms with Gasteiger partial charge in [-0.05, 0) is 19.1 Å². The Balaban J connectivity index is 2.66. The lowest BCUT2D eigenvalue weighted by Crippen LogP contribution is -2.08. The average molecular weight is 291 g/mol. The van der Waals surface area contributed by atoms with Crippen LogP contribution in [-0.4, -0.2) is 36.8 Å². The van der Waals surface area contributed by atoms with Crippen LogP contribution in [-0.2, 0) is 4.74 Å². The van der Waals surface area contributed by atoms with Gasteiger partial charge >= 0.3 is 5.97 Å². The minimum Gasteiger partial charge on any atom is -0.497 e. The maximum Gasteiger partial charge on any atom is 0.360 e. The monoisotopic (exact) mass is 291 g/mol. The normalized spacial score (nSPS) is 10.3. The highest BCUT2D eigenvalue weighted by atomic mass is 16.5. The van der Waals surface area contributed by atoms with Crippen LogP contribution in [0.4, 0.5) is 5.82 Å². The van der Waals surface area contributed by atoms with E-state index < -0.39 is 5.97 Å². The molecule has 112 valence electrons. The first-order valence-corrected chi connectivity index (χ1v) is 6.19. The van der Waals surface area contributed by atoms with E-state index in [0.29, 0.717) is 23.0 Å². The standard InChI is InChI=1S/C14H17N3O4/c1-8-16-12(14(18)21-4)13(15)17(8)10-7-9(19-2)5-6-11(10)20-3/h5-7H,15H2,1-4H3. The van der Waals surface area contributed by atoms with Crippen LogP contribution in [0, 0.1) is 6.92 Å². The summed E-state index contributed by atoms with van der Waals surface area (Å²) in [6.45, 7) is 1.74. The minimum atomic E-state index is -0.587. The van der Waals surface area contributed by atoms with Crippen molar-refractivity contribution in [3.63, 3.8) is 0 Å². The summed E-state index contributed by atoms with van der Waals surface area (Å²) in [5.74, 6) is 1.36. The number of methoxy groups -OCH3 is 3. The summed E-state index contributed by atoms with van der Waals surface area (Å²) < 4.78 is 16.8. The van der Waals surface area contributed by atoms with Gasteiger partial charge in [-0.25, -0.2) is 9.78 Å². The molecule has 2 rings (SSSR count). The van der Waals surface area contributed by atoms with Crippen LogP contribution >= 0.6 is 0 Å². The first-order chi connectivity index (χ1) is 10.0. The molecule has 1 heterocycles. The van der Waals surface area contributed by atoms with E-state index in [1.54, 1.807) is 43.9 Å². The Hall–Kier alpha value is -2.70. The number of anilines is 1. The highest BCUT2D eigenvalue weighted by Gasteiger charge is 2.22. The number of hydrogen-bond donors (Lipinski definition) is 1. The van der Waals surface area contributed by atoms with Crippen LogP contribution in [0.2, 0.25) is 0 Å². The van der Waals surface area contributed by atoms with Crippen molar-refractivity contribution in [2.24, 2.45) is 0 Å². The van der Waals surface area contributed by atoms with Crippen molar-refractivity contribution in [3.8, 4) is 17.2 Å². The summed E-state index contributed by atoms with van der Waals surface area (Å²) in [6, 6.07) is 5.28. The zero-order valence-electron chi connectivity index (χ0n) is 12.3. The fourth-order valence-corrected chi connectivity index (χ4v) is 2.07. The van der Waals surface area contributed by atoms with Crippen molar-refractivity contribution in [2.75, 3.05) is 27.1 Å². The van der Waals surface area contributed by atoms with Crippen molar-refractivity contribution >= 4 is 11.8 Å². The number of esters is 1. The second-order valence-corrected chi connectivity index (χ2v) is 4.26. The molecule has 0 spiro atoms. The molecular weight excluding hydrogens is 274 g/mol. The fraction of sp³-hybridized carbons (Fsp3) is 0.286. The summed E-state index contributed by atoms with van der Waals surface area (Å²) in [4.78, 5) is 15.8. The Kier molecular flexibility index (Phi) is 4.02. The van der Waals surface area contributed by atoms with Crippen LogP contribution in [0.3, 0.4) is 0 Å². The molecule has 7 nitrogen and oxygen atoms in total. The molecular formula is C14H17N3O4. The van der Waals surface area contributed by atoms with E-state index in [-0.39, 0.29) is 11.5 Å². The summed E-state index contributed by atoms with van der Waals surface area (Å²) in [5.41, 5.74) is 6.73. The molecule has 7 heteroatoms. The molecule has 0 unspecified atom stereocenters. The number of aryl methyl sites for hydroxylation is 1. The molecule has 1 aromatic carbocycles. The van der Waals surface area contributed by atoms with Crippen molar-refractivity contribution in [1.29, 1.82) is 0 Å². The van der Waals surface area contributed by atoms with Crippen molar-refractivity contribution in [2.45, 2.75) is 6.92 Å². The van der Waals surface area contributed by atoms with Crippen LogP contribution in [0.25, 0.3) is 5.69 Å². The number of nitrogens with two attached hydrogens (primary N) is 1. The third-order valence-electron chi connectivity index (χ3n) is 3.09. The zero-order valence-corrected chi connectivity index (χ0v) is 12.3. The van der Waals surface area contributed by atoms with Crippen molar-refractivity contribution in [3.05, 3.63) is 29.7 Å². The lowest BCUT2D eigenvalue weighted by Gasteiger charge is -2.13. The van der Waals surface area contributed by atoms with Crippen LogP contribution < -0.4 is 15.2 Å². The number of carbonyl (C=O) groups excluding carboxylic acids is 1. The molecule has 0 amide bonds. The number of nitrogen functional groups attached to an aromatic ring is 1. The van der Waals surface area contributed by atoms with Gasteiger partial charge in [0.05, 0.1) is 27.0 Å². The van der Waals surface area contributed by atoms with Gasteiger partial charge in [0.15, 0.2) is 5.69 Å². The van der Waals surface area contributed by atoms with Crippen molar-refractivity contribution < 1.29 is 19.0 Å². The Bertz CT molecular complexity index is 679. The Labute approximate surface area is 122 Å². The summed E-state index contributed by atoms with van der Waals surface area (Å²) >= 11 is 0. The quantitative estimate of drug-likeness (QED) is 0.860. The summed E-state index contributed by atoms with van der Waals surface area (Å²) in [7, 11) is 4.40. The maximum atomic E-state index is 11.7. The molecule has 0 radical (unpaired) electrons. The second kappa shape index (κ2) is 5.74. The number of ether oxygens (including phenoxy) is 3. The summed E-state index contributed by atoms with van der Waals surface area (Å²) in [6.07, 6.45) is 0. The van der Waals surface area contributed by atoms with Gasteiger partial charge in [0.1, 0.15) is 23.1 Å². The first kappa shape index (κ1) is 14.7. The average Bonchev–Trinajstić information content (AvgIpc) is 2.80. The summed E-state index contributed by atoms with van der Waals surface area (Å²) in [5, 5.41) is 0. The number of imidazole rings is 1. The van der Waals surface area contributed by atoms with E-state index in [0.717, 1.165) is 0 Å². The molecule has 0 aliphatic carbocycles.